The van der Waals surface area contributed by atoms with Crippen LogP contribution in [-0.2, 0) is 27.2 Å². The topological polar surface area (TPSA) is 150 Å². The van der Waals surface area contributed by atoms with Crippen LogP contribution in [-0.4, -0.2) is 44.5 Å². The molecule has 2 amide bonds. The molecule has 0 aliphatic carbocycles. The summed E-state index contributed by atoms with van der Waals surface area (Å²) >= 11 is 0. The van der Waals surface area contributed by atoms with Crippen molar-refractivity contribution < 1.29 is 19.5 Å². The maximum absolute atomic E-state index is 13.9. The van der Waals surface area contributed by atoms with Crippen LogP contribution in [0.1, 0.15) is 37.4 Å². The zero-order chi connectivity index (χ0) is 30.2. The molecule has 218 valence electrons. The molecule has 1 heterocycles. The summed E-state index contributed by atoms with van der Waals surface area (Å²) in [4.78, 5) is 68.8. The third-order valence-electron chi connectivity index (χ3n) is 7.41. The minimum absolute atomic E-state index is 0.00854. The minimum Gasteiger partial charge on any atom is -0.480 e. The smallest absolute Gasteiger partial charge is 0.329 e. The number of aliphatic carboxylic acids is 1. The normalized spacial score (nSPS) is 14.0. The van der Waals surface area contributed by atoms with Crippen LogP contribution >= 0.6 is 0 Å². The predicted octanol–water partition coefficient (Wildman–Crippen LogP) is 2.82. The molecule has 4 atom stereocenters. The Labute approximate surface area is 242 Å². The monoisotopic (exact) mass is 570 g/mol. The average molecular weight is 571 g/mol. The van der Waals surface area contributed by atoms with Crippen molar-refractivity contribution in [2.45, 2.75) is 51.2 Å². The maximum Gasteiger partial charge on any atom is 0.329 e. The van der Waals surface area contributed by atoms with Gasteiger partial charge in [0.1, 0.15) is 18.1 Å². The molecule has 10 nitrogen and oxygen atoms in total. The van der Waals surface area contributed by atoms with Gasteiger partial charge in [-0.3, -0.25) is 14.4 Å². The zero-order valence-electron chi connectivity index (χ0n) is 23.4. The van der Waals surface area contributed by atoms with Crippen LogP contribution < -0.4 is 21.9 Å². The van der Waals surface area contributed by atoms with Gasteiger partial charge >= 0.3 is 11.7 Å². The first-order chi connectivity index (χ1) is 20.2. The van der Waals surface area contributed by atoms with Gasteiger partial charge in [-0.05, 0) is 29.2 Å². The van der Waals surface area contributed by atoms with E-state index in [-0.39, 0.29) is 24.1 Å². The molecule has 0 saturated carbocycles. The summed E-state index contributed by atoms with van der Waals surface area (Å²) in [5.41, 5.74) is 0.386. The predicted molar refractivity (Wildman–Crippen MR) is 159 cm³/mol. The van der Waals surface area contributed by atoms with Crippen LogP contribution in [0.5, 0.6) is 0 Å². The second kappa shape index (κ2) is 13.6. The van der Waals surface area contributed by atoms with Gasteiger partial charge in [0.25, 0.3) is 5.56 Å². The number of rotatable bonds is 12. The SMILES string of the molecule is CCC(C)[C@H](NC(=O)[C@@H](Cc1ccccc1)n1c(=O)[nH]c2ccccc2c1=O)C(=O)N[C@H](Cc1ccccc1)C(=O)O. The largest absolute Gasteiger partial charge is 0.480 e. The number of carbonyl (C=O) groups excluding carboxylic acids is 2. The molecule has 4 N–H and O–H groups in total. The van der Waals surface area contributed by atoms with Crippen molar-refractivity contribution >= 4 is 28.7 Å². The van der Waals surface area contributed by atoms with Crippen molar-refractivity contribution in [2.24, 2.45) is 5.92 Å². The number of hydrogen-bond donors (Lipinski definition) is 4. The standard InChI is InChI=1S/C32H34N4O6/c1-3-20(2)27(29(38)33-25(31(40)41)18-21-12-6-4-7-13-21)35-28(37)26(19-22-14-8-5-9-15-22)36-30(39)23-16-10-11-17-24(23)34-32(36)42/h4-17,20,25-27H,3,18-19H2,1-2H3,(H,33,38)(H,34,42)(H,35,37)(H,40,41)/t20?,25-,26-,27+/m1/s1. The number of para-hydroxylation sites is 1. The Morgan fingerprint density at radius 1 is 0.810 bits per heavy atom. The van der Waals surface area contributed by atoms with Gasteiger partial charge in [0.15, 0.2) is 0 Å². The van der Waals surface area contributed by atoms with E-state index in [1.165, 1.54) is 0 Å². The fraction of sp³-hybridized carbons (Fsp3) is 0.281. The van der Waals surface area contributed by atoms with E-state index < -0.39 is 47.2 Å². The lowest BCUT2D eigenvalue weighted by Crippen LogP contribution is -2.56. The van der Waals surface area contributed by atoms with E-state index in [0.717, 1.165) is 10.1 Å². The molecular weight excluding hydrogens is 536 g/mol. The Morgan fingerprint density at radius 2 is 1.38 bits per heavy atom. The highest BCUT2D eigenvalue weighted by Gasteiger charge is 2.33. The average Bonchev–Trinajstić information content (AvgIpc) is 2.99. The first-order valence-corrected chi connectivity index (χ1v) is 13.8. The number of amides is 2. The van der Waals surface area contributed by atoms with Crippen LogP contribution in [0.4, 0.5) is 0 Å². The number of hydrogen-bond acceptors (Lipinski definition) is 5. The first kappa shape index (κ1) is 30.0. The summed E-state index contributed by atoms with van der Waals surface area (Å²) in [7, 11) is 0. The summed E-state index contributed by atoms with van der Waals surface area (Å²) in [5, 5.41) is 15.4. The van der Waals surface area contributed by atoms with Gasteiger partial charge in [-0.2, -0.15) is 0 Å². The van der Waals surface area contributed by atoms with Gasteiger partial charge in [0, 0.05) is 12.8 Å². The molecule has 0 bridgehead atoms. The third kappa shape index (κ3) is 7.01. The summed E-state index contributed by atoms with van der Waals surface area (Å²) in [6.07, 6.45) is 0.560. The molecular formula is C32H34N4O6. The van der Waals surface area contributed by atoms with Gasteiger partial charge in [0.2, 0.25) is 11.8 Å². The molecule has 0 aliphatic rings. The van der Waals surface area contributed by atoms with E-state index in [0.29, 0.717) is 17.5 Å². The molecule has 10 heteroatoms. The number of benzene rings is 3. The van der Waals surface area contributed by atoms with Crippen molar-refractivity contribution in [1.29, 1.82) is 0 Å². The molecule has 0 saturated heterocycles. The fourth-order valence-electron chi connectivity index (χ4n) is 4.86. The second-order valence-corrected chi connectivity index (χ2v) is 10.3. The lowest BCUT2D eigenvalue weighted by molar-refractivity contribution is -0.142. The Hall–Kier alpha value is -4.99. The number of aromatic amines is 1. The van der Waals surface area contributed by atoms with Crippen LogP contribution in [0, 0.1) is 5.92 Å². The molecule has 1 aromatic heterocycles. The van der Waals surface area contributed by atoms with Crippen LogP contribution in [0.2, 0.25) is 0 Å². The van der Waals surface area contributed by atoms with E-state index in [4.69, 9.17) is 0 Å². The highest BCUT2D eigenvalue weighted by Crippen LogP contribution is 2.16. The first-order valence-electron chi connectivity index (χ1n) is 13.8. The van der Waals surface area contributed by atoms with Gasteiger partial charge in [-0.1, -0.05) is 93.1 Å². The second-order valence-electron chi connectivity index (χ2n) is 10.3. The van der Waals surface area contributed by atoms with Gasteiger partial charge < -0.3 is 20.7 Å². The van der Waals surface area contributed by atoms with Crippen molar-refractivity contribution in [1.82, 2.24) is 20.2 Å². The summed E-state index contributed by atoms with van der Waals surface area (Å²) in [6.45, 7) is 3.61. The lowest BCUT2D eigenvalue weighted by Gasteiger charge is -2.28. The van der Waals surface area contributed by atoms with E-state index in [2.05, 4.69) is 15.6 Å². The Balaban J connectivity index is 1.67. The lowest BCUT2D eigenvalue weighted by atomic mass is 9.96. The number of carboxylic acids is 1. The van der Waals surface area contributed by atoms with E-state index in [9.17, 15) is 29.1 Å². The van der Waals surface area contributed by atoms with Gasteiger partial charge in [-0.25, -0.2) is 14.2 Å². The molecule has 0 radical (unpaired) electrons. The van der Waals surface area contributed by atoms with Crippen LogP contribution in [0.15, 0.2) is 94.5 Å². The zero-order valence-corrected chi connectivity index (χ0v) is 23.4. The highest BCUT2D eigenvalue weighted by atomic mass is 16.4. The Kier molecular flexibility index (Phi) is 9.69. The third-order valence-corrected chi connectivity index (χ3v) is 7.41. The minimum atomic E-state index is -1.28. The number of aromatic nitrogens is 2. The molecule has 3 aromatic carbocycles. The molecule has 0 fully saturated rings. The molecule has 0 spiro atoms. The number of fused-ring (bicyclic) bond motifs is 1. The molecule has 4 rings (SSSR count). The molecule has 0 aliphatic heterocycles. The number of H-pyrrole nitrogens is 1. The Morgan fingerprint density at radius 3 is 1.98 bits per heavy atom. The van der Waals surface area contributed by atoms with Crippen molar-refractivity contribution in [2.75, 3.05) is 0 Å². The maximum atomic E-state index is 13.9. The van der Waals surface area contributed by atoms with Crippen LogP contribution in [0.25, 0.3) is 10.9 Å². The quantitative estimate of drug-likeness (QED) is 0.206. The number of carboxylic acid groups (broad SMARTS) is 1. The fourth-order valence-corrected chi connectivity index (χ4v) is 4.86. The summed E-state index contributed by atoms with van der Waals surface area (Å²) in [5.74, 6) is -2.97. The number of nitrogens with one attached hydrogen (secondary N) is 3. The van der Waals surface area contributed by atoms with Crippen molar-refractivity contribution in [3.63, 3.8) is 0 Å². The van der Waals surface area contributed by atoms with Gasteiger partial charge in [0.05, 0.1) is 10.9 Å². The van der Waals surface area contributed by atoms with Crippen LogP contribution in [0.3, 0.4) is 0 Å². The number of nitrogens with zero attached hydrogens (tertiary/aromatic N) is 1. The summed E-state index contributed by atoms with van der Waals surface area (Å²) < 4.78 is 0.881. The van der Waals surface area contributed by atoms with Crippen molar-refractivity contribution in [3.05, 3.63) is 117 Å². The number of carbonyl (C=O) groups is 3. The van der Waals surface area contributed by atoms with E-state index in [1.807, 2.05) is 19.1 Å². The van der Waals surface area contributed by atoms with Gasteiger partial charge in [-0.15, -0.1) is 0 Å². The summed E-state index contributed by atoms with van der Waals surface area (Å²) in [6, 6.07) is 20.7. The molecule has 42 heavy (non-hydrogen) atoms. The van der Waals surface area contributed by atoms with E-state index >= 15 is 0 Å². The molecule has 4 aromatic rings. The van der Waals surface area contributed by atoms with Crippen molar-refractivity contribution in [3.8, 4) is 0 Å². The van der Waals surface area contributed by atoms with E-state index in [1.54, 1.807) is 79.7 Å². The highest BCUT2D eigenvalue weighted by molar-refractivity contribution is 5.92. The molecule has 1 unspecified atom stereocenters. The Bertz CT molecular complexity index is 1670.